The first kappa shape index (κ1) is 19.1. The first-order chi connectivity index (χ1) is 13.5. The average molecular weight is 379 g/mol. The summed E-state index contributed by atoms with van der Waals surface area (Å²) in [7, 11) is 1.59. The van der Waals surface area contributed by atoms with Gasteiger partial charge in [-0.15, -0.1) is 0 Å². The van der Waals surface area contributed by atoms with Crippen molar-refractivity contribution in [3.8, 4) is 5.75 Å². The quantitative estimate of drug-likeness (QED) is 0.381. The Morgan fingerprint density at radius 3 is 2.64 bits per heavy atom. The van der Waals surface area contributed by atoms with E-state index < -0.39 is 4.92 Å². The number of hydrogen-bond donors (Lipinski definition) is 1. The maximum atomic E-state index is 11.2. The van der Waals surface area contributed by atoms with Crippen LogP contribution in [0.25, 0.3) is 0 Å². The van der Waals surface area contributed by atoms with Crippen molar-refractivity contribution < 1.29 is 9.66 Å². The first-order valence-corrected chi connectivity index (χ1v) is 8.69. The molecule has 0 spiro atoms. The van der Waals surface area contributed by atoms with Gasteiger partial charge in [0.05, 0.1) is 30.5 Å². The molecule has 144 valence electrons. The van der Waals surface area contributed by atoms with Crippen LogP contribution >= 0.6 is 0 Å². The minimum atomic E-state index is -0.399. The molecule has 1 heterocycles. The highest BCUT2D eigenvalue weighted by Crippen LogP contribution is 2.25. The molecule has 3 rings (SSSR count). The second-order valence-corrected chi connectivity index (χ2v) is 6.24. The normalized spacial score (nSPS) is 11.0. The number of nitro groups is 1. The molecular formula is C20H21N5O3. The Balaban J connectivity index is 1.84. The molecule has 0 saturated heterocycles. The number of nitrogens with zero attached hydrogens (tertiary/aromatic N) is 4. The summed E-state index contributed by atoms with van der Waals surface area (Å²) in [6.45, 7) is 3.69. The predicted molar refractivity (Wildman–Crippen MR) is 108 cm³/mol. The molecule has 0 aliphatic carbocycles. The zero-order valence-corrected chi connectivity index (χ0v) is 15.9. The van der Waals surface area contributed by atoms with Crippen molar-refractivity contribution in [2.45, 2.75) is 20.4 Å². The van der Waals surface area contributed by atoms with Gasteiger partial charge in [-0.05, 0) is 49.7 Å². The van der Waals surface area contributed by atoms with Gasteiger partial charge in [-0.3, -0.25) is 20.2 Å². The van der Waals surface area contributed by atoms with Gasteiger partial charge >= 0.3 is 5.69 Å². The van der Waals surface area contributed by atoms with Crippen LogP contribution in [-0.4, -0.2) is 28.0 Å². The number of rotatable bonds is 7. The maximum absolute atomic E-state index is 11.2. The zero-order valence-electron chi connectivity index (χ0n) is 15.9. The Morgan fingerprint density at radius 2 is 2.00 bits per heavy atom. The number of para-hydroxylation sites is 1. The van der Waals surface area contributed by atoms with Crippen LogP contribution in [-0.2, 0) is 6.54 Å². The van der Waals surface area contributed by atoms with Crippen molar-refractivity contribution in [1.29, 1.82) is 0 Å². The third-order valence-electron chi connectivity index (χ3n) is 4.33. The van der Waals surface area contributed by atoms with Crippen LogP contribution < -0.4 is 10.2 Å². The van der Waals surface area contributed by atoms with Crippen molar-refractivity contribution >= 4 is 17.6 Å². The van der Waals surface area contributed by atoms with E-state index in [-0.39, 0.29) is 5.69 Å². The summed E-state index contributed by atoms with van der Waals surface area (Å²) >= 11 is 0. The second-order valence-electron chi connectivity index (χ2n) is 6.24. The molecule has 28 heavy (non-hydrogen) atoms. The second kappa shape index (κ2) is 8.34. The number of benzene rings is 2. The van der Waals surface area contributed by atoms with E-state index in [0.717, 1.165) is 16.8 Å². The number of hydrazone groups is 1. The Hall–Kier alpha value is -3.68. The number of anilines is 1. The molecule has 1 aromatic heterocycles. The van der Waals surface area contributed by atoms with Crippen molar-refractivity contribution in [2.75, 3.05) is 12.5 Å². The van der Waals surface area contributed by atoms with Crippen LogP contribution in [0.5, 0.6) is 5.75 Å². The fourth-order valence-corrected chi connectivity index (χ4v) is 2.96. The number of methoxy groups -OCH3 is 1. The third-order valence-corrected chi connectivity index (χ3v) is 4.33. The van der Waals surface area contributed by atoms with Crippen molar-refractivity contribution in [1.82, 2.24) is 9.78 Å². The molecule has 0 saturated carbocycles. The summed E-state index contributed by atoms with van der Waals surface area (Å²) in [4.78, 5) is 10.8. The third kappa shape index (κ3) is 4.17. The predicted octanol–water partition coefficient (Wildman–Crippen LogP) is 3.91. The minimum absolute atomic E-state index is 0.0451. The van der Waals surface area contributed by atoms with Crippen molar-refractivity contribution in [2.24, 2.45) is 5.10 Å². The molecule has 2 aromatic carbocycles. The van der Waals surface area contributed by atoms with Gasteiger partial charge in [-0.25, -0.2) is 0 Å². The number of hydrogen-bond acceptors (Lipinski definition) is 6. The molecule has 0 unspecified atom stereocenters. The fourth-order valence-electron chi connectivity index (χ4n) is 2.96. The Kier molecular flexibility index (Phi) is 5.69. The van der Waals surface area contributed by atoms with Gasteiger partial charge in [0.15, 0.2) is 0 Å². The topological polar surface area (TPSA) is 94.6 Å². The highest BCUT2D eigenvalue weighted by molar-refractivity contribution is 5.81. The summed E-state index contributed by atoms with van der Waals surface area (Å²) in [5.41, 5.74) is 6.53. The van der Waals surface area contributed by atoms with Crippen LogP contribution in [0, 0.1) is 24.0 Å². The molecular weight excluding hydrogens is 358 g/mol. The van der Waals surface area contributed by atoms with Crippen molar-refractivity contribution in [3.05, 3.63) is 81.2 Å². The van der Waals surface area contributed by atoms with Gasteiger partial charge < -0.3 is 4.74 Å². The molecule has 0 radical (unpaired) electrons. The Morgan fingerprint density at radius 1 is 1.25 bits per heavy atom. The maximum Gasteiger partial charge on any atom is 0.312 e. The first-order valence-electron chi connectivity index (χ1n) is 8.69. The Labute approximate surface area is 162 Å². The summed E-state index contributed by atoms with van der Waals surface area (Å²) in [5, 5.41) is 19.8. The van der Waals surface area contributed by atoms with E-state index in [4.69, 9.17) is 4.74 Å². The lowest BCUT2D eigenvalue weighted by atomic mass is 10.1. The summed E-state index contributed by atoms with van der Waals surface area (Å²) in [6, 6.07) is 15.3. The highest BCUT2D eigenvalue weighted by Gasteiger charge is 2.22. The van der Waals surface area contributed by atoms with E-state index in [2.05, 4.69) is 15.6 Å². The van der Waals surface area contributed by atoms with Crippen LogP contribution in [0.3, 0.4) is 0 Å². The SMILES string of the molecule is COc1ccc(/C=N/Nc2ccccc2)cc1Cn1nc(C)c([N+](=O)[O-])c1C. The largest absolute Gasteiger partial charge is 0.496 e. The molecule has 0 bridgehead atoms. The molecule has 0 amide bonds. The number of nitrogens with one attached hydrogen (secondary N) is 1. The summed E-state index contributed by atoms with van der Waals surface area (Å²) < 4.78 is 7.06. The minimum Gasteiger partial charge on any atom is -0.496 e. The standard InChI is InChI=1S/C20H21N5O3/c1-14-20(25(26)27)15(2)24(23-14)13-17-11-16(9-10-19(17)28-3)12-21-22-18-7-5-4-6-8-18/h4-12,22H,13H2,1-3H3/b21-12+. The molecule has 0 atom stereocenters. The van der Waals surface area contributed by atoms with Crippen molar-refractivity contribution in [3.63, 3.8) is 0 Å². The van der Waals surface area contributed by atoms with Crippen LogP contribution in [0.1, 0.15) is 22.5 Å². The average Bonchev–Trinajstić information content (AvgIpc) is 2.96. The summed E-state index contributed by atoms with van der Waals surface area (Å²) in [6.07, 6.45) is 1.71. The Bertz CT molecular complexity index is 1010. The van der Waals surface area contributed by atoms with E-state index in [1.165, 1.54) is 0 Å². The smallest absolute Gasteiger partial charge is 0.312 e. The van der Waals surface area contributed by atoms with E-state index in [9.17, 15) is 10.1 Å². The molecule has 1 N–H and O–H groups in total. The fraction of sp³-hybridized carbons (Fsp3) is 0.200. The molecule has 8 nitrogen and oxygen atoms in total. The number of aryl methyl sites for hydroxylation is 1. The number of aromatic nitrogens is 2. The molecule has 3 aromatic rings. The van der Waals surface area contributed by atoms with Crippen LogP contribution in [0.4, 0.5) is 11.4 Å². The van der Waals surface area contributed by atoms with Crippen LogP contribution in [0.2, 0.25) is 0 Å². The lowest BCUT2D eigenvalue weighted by Gasteiger charge is -2.10. The number of ether oxygens (including phenoxy) is 1. The molecule has 8 heteroatoms. The lowest BCUT2D eigenvalue weighted by Crippen LogP contribution is -2.06. The lowest BCUT2D eigenvalue weighted by molar-refractivity contribution is -0.386. The van der Waals surface area contributed by atoms with Gasteiger partial charge in [-0.1, -0.05) is 18.2 Å². The zero-order chi connectivity index (χ0) is 20.1. The summed E-state index contributed by atoms with van der Waals surface area (Å²) in [5.74, 6) is 0.684. The van der Waals surface area contributed by atoms with Gasteiger partial charge in [0.25, 0.3) is 0 Å². The van der Waals surface area contributed by atoms with Crippen LogP contribution in [0.15, 0.2) is 53.6 Å². The van der Waals surface area contributed by atoms with E-state index in [1.807, 2.05) is 48.5 Å². The van der Waals surface area contributed by atoms with Gasteiger partial charge in [0, 0.05) is 5.56 Å². The van der Waals surface area contributed by atoms with E-state index in [0.29, 0.717) is 23.7 Å². The molecule has 0 aliphatic rings. The van der Waals surface area contributed by atoms with E-state index in [1.54, 1.807) is 31.9 Å². The highest BCUT2D eigenvalue weighted by atomic mass is 16.6. The molecule has 0 aliphatic heterocycles. The van der Waals surface area contributed by atoms with Gasteiger partial charge in [0.2, 0.25) is 0 Å². The van der Waals surface area contributed by atoms with Gasteiger partial charge in [-0.2, -0.15) is 10.2 Å². The molecule has 0 fully saturated rings. The van der Waals surface area contributed by atoms with E-state index >= 15 is 0 Å². The monoisotopic (exact) mass is 379 g/mol. The van der Waals surface area contributed by atoms with Gasteiger partial charge in [0.1, 0.15) is 17.1 Å².